The van der Waals surface area contributed by atoms with Crippen LogP contribution in [0.4, 0.5) is 13.2 Å². The quantitative estimate of drug-likeness (QED) is 0.682. The summed E-state index contributed by atoms with van der Waals surface area (Å²) in [6.07, 6.45) is -3.91. The molecule has 0 aromatic carbocycles. The van der Waals surface area contributed by atoms with Crippen LogP contribution < -0.4 is 5.46 Å². The fraction of sp³-hybridized carbons (Fsp3) is 0.167. The highest BCUT2D eigenvalue weighted by Crippen LogP contribution is 2.27. The molecule has 3 nitrogen and oxygen atoms in total. The summed E-state index contributed by atoms with van der Waals surface area (Å²) in [7, 11) is -2.05. The molecule has 0 fully saturated rings. The van der Waals surface area contributed by atoms with E-state index in [-0.39, 0.29) is 5.02 Å². The minimum atomic E-state index is -4.63. The van der Waals surface area contributed by atoms with Crippen molar-refractivity contribution in [3.05, 3.63) is 23.0 Å². The van der Waals surface area contributed by atoms with Gasteiger partial charge in [0.2, 0.25) is 0 Å². The molecule has 2 N–H and O–H groups in total. The Kier molecular flexibility index (Phi) is 3.03. The van der Waals surface area contributed by atoms with Crippen LogP contribution in [0.3, 0.4) is 0 Å². The summed E-state index contributed by atoms with van der Waals surface area (Å²) in [4.78, 5) is 3.01. The van der Waals surface area contributed by atoms with Gasteiger partial charge >= 0.3 is 13.3 Å². The zero-order chi connectivity index (χ0) is 10.9. The molecule has 0 unspecified atom stereocenters. The van der Waals surface area contributed by atoms with Crippen molar-refractivity contribution in [2.45, 2.75) is 6.18 Å². The molecule has 0 aliphatic carbocycles. The number of halogens is 4. The largest absolute Gasteiger partial charge is 0.490 e. The van der Waals surface area contributed by atoms with Crippen molar-refractivity contribution in [3.63, 3.8) is 0 Å². The Labute approximate surface area is 82.3 Å². The van der Waals surface area contributed by atoms with E-state index in [1.54, 1.807) is 0 Å². The fourth-order valence-electron chi connectivity index (χ4n) is 0.807. The molecule has 0 atom stereocenters. The van der Waals surface area contributed by atoms with Crippen molar-refractivity contribution in [2.75, 3.05) is 0 Å². The Morgan fingerprint density at radius 2 is 1.93 bits per heavy atom. The maximum absolute atomic E-state index is 12.1. The molecule has 0 saturated heterocycles. The first-order valence-corrected chi connectivity index (χ1v) is 3.79. The Morgan fingerprint density at radius 3 is 2.36 bits per heavy atom. The number of alkyl halides is 3. The van der Waals surface area contributed by atoms with Crippen molar-refractivity contribution < 1.29 is 23.2 Å². The lowest BCUT2D eigenvalue weighted by Crippen LogP contribution is -2.32. The lowest BCUT2D eigenvalue weighted by Gasteiger charge is -2.08. The van der Waals surface area contributed by atoms with Gasteiger partial charge in [-0.3, -0.25) is 4.98 Å². The lowest BCUT2D eigenvalue weighted by atomic mass is 9.80. The van der Waals surface area contributed by atoms with Crippen LogP contribution >= 0.6 is 11.6 Å². The summed E-state index contributed by atoms with van der Waals surface area (Å²) >= 11 is 5.39. The summed E-state index contributed by atoms with van der Waals surface area (Å²) in [6.45, 7) is 0. The Morgan fingerprint density at radius 1 is 1.36 bits per heavy atom. The van der Waals surface area contributed by atoms with Gasteiger partial charge in [-0.15, -0.1) is 0 Å². The van der Waals surface area contributed by atoms with Crippen molar-refractivity contribution in [1.29, 1.82) is 0 Å². The normalized spacial score (nSPS) is 11.6. The van der Waals surface area contributed by atoms with Crippen LogP contribution in [0.1, 0.15) is 5.69 Å². The summed E-state index contributed by atoms with van der Waals surface area (Å²) in [5.41, 5.74) is -1.64. The first-order valence-electron chi connectivity index (χ1n) is 3.41. The number of rotatable bonds is 1. The van der Waals surface area contributed by atoms with Gasteiger partial charge in [0.15, 0.2) is 0 Å². The molecule has 0 radical (unpaired) electrons. The SMILES string of the molecule is OB(O)c1cc(C(F)(F)F)ncc1Cl. The van der Waals surface area contributed by atoms with Gasteiger partial charge in [0.05, 0.1) is 5.02 Å². The molecule has 0 aliphatic rings. The number of aromatic nitrogens is 1. The van der Waals surface area contributed by atoms with E-state index in [0.717, 1.165) is 6.20 Å². The summed E-state index contributed by atoms with van der Waals surface area (Å²) in [5.74, 6) is 0. The Balaban J connectivity index is 3.20. The van der Waals surface area contributed by atoms with Gasteiger partial charge in [-0.2, -0.15) is 13.2 Å². The van der Waals surface area contributed by atoms with Gasteiger partial charge < -0.3 is 10.0 Å². The molecule has 1 heterocycles. The predicted molar refractivity (Wildman–Crippen MR) is 44.1 cm³/mol. The number of hydrogen-bond acceptors (Lipinski definition) is 3. The number of hydrogen-bond donors (Lipinski definition) is 2. The van der Waals surface area contributed by atoms with Crippen molar-refractivity contribution in [1.82, 2.24) is 4.98 Å². The van der Waals surface area contributed by atoms with Crippen LogP contribution in [-0.2, 0) is 6.18 Å². The maximum Gasteiger partial charge on any atom is 0.490 e. The van der Waals surface area contributed by atoms with Crippen LogP contribution in [-0.4, -0.2) is 22.2 Å². The minimum absolute atomic E-state index is 0.229. The molecule has 1 aromatic rings. The topological polar surface area (TPSA) is 53.4 Å². The highest BCUT2D eigenvalue weighted by molar-refractivity contribution is 6.62. The third kappa shape index (κ3) is 2.37. The van der Waals surface area contributed by atoms with Gasteiger partial charge in [0.1, 0.15) is 5.69 Å². The van der Waals surface area contributed by atoms with Gasteiger partial charge in [-0.25, -0.2) is 0 Å². The van der Waals surface area contributed by atoms with E-state index in [1.807, 2.05) is 0 Å². The molecular weight excluding hydrogens is 221 g/mol. The van der Waals surface area contributed by atoms with Crippen LogP contribution in [0.5, 0.6) is 0 Å². The number of nitrogens with zero attached hydrogens (tertiary/aromatic N) is 1. The average molecular weight is 225 g/mol. The minimum Gasteiger partial charge on any atom is -0.423 e. The van der Waals surface area contributed by atoms with Crippen LogP contribution in [0, 0.1) is 0 Å². The number of pyridine rings is 1. The molecule has 0 aliphatic heterocycles. The smallest absolute Gasteiger partial charge is 0.423 e. The van der Waals surface area contributed by atoms with Gasteiger partial charge in [0, 0.05) is 11.7 Å². The van der Waals surface area contributed by atoms with Crippen molar-refractivity contribution in [2.24, 2.45) is 0 Å². The maximum atomic E-state index is 12.1. The zero-order valence-corrected chi connectivity index (χ0v) is 7.34. The highest BCUT2D eigenvalue weighted by atomic mass is 35.5. The second-order valence-electron chi connectivity index (χ2n) is 2.46. The second kappa shape index (κ2) is 3.76. The Hall–Kier alpha value is -0.785. The van der Waals surface area contributed by atoms with E-state index in [4.69, 9.17) is 21.6 Å². The van der Waals surface area contributed by atoms with Gasteiger partial charge in [-0.1, -0.05) is 11.6 Å². The van der Waals surface area contributed by atoms with E-state index in [0.29, 0.717) is 6.07 Å². The molecule has 1 aromatic heterocycles. The highest BCUT2D eigenvalue weighted by Gasteiger charge is 2.34. The molecule has 1 rings (SSSR count). The van der Waals surface area contributed by atoms with Crippen LogP contribution in [0.15, 0.2) is 12.3 Å². The predicted octanol–water partition coefficient (Wildman–Crippen LogP) is 0.434. The van der Waals surface area contributed by atoms with Crippen molar-refractivity contribution >= 4 is 24.2 Å². The van der Waals surface area contributed by atoms with E-state index in [2.05, 4.69) is 4.98 Å². The first-order chi connectivity index (χ1) is 6.32. The van der Waals surface area contributed by atoms with E-state index < -0.39 is 24.5 Å². The first kappa shape index (κ1) is 11.3. The van der Waals surface area contributed by atoms with Crippen LogP contribution in [0.25, 0.3) is 0 Å². The second-order valence-corrected chi connectivity index (χ2v) is 2.87. The summed E-state index contributed by atoms with van der Waals surface area (Å²) in [5, 5.41) is 17.1. The van der Waals surface area contributed by atoms with E-state index >= 15 is 0 Å². The molecule has 0 saturated carbocycles. The molecular formula is C6H4BClF3NO2. The Bertz CT molecular complexity index is 344. The van der Waals surface area contributed by atoms with E-state index in [9.17, 15) is 13.2 Å². The fourth-order valence-corrected chi connectivity index (χ4v) is 1.01. The molecule has 0 bridgehead atoms. The lowest BCUT2D eigenvalue weighted by molar-refractivity contribution is -0.141. The van der Waals surface area contributed by atoms with Crippen LogP contribution in [0.2, 0.25) is 5.02 Å². The molecule has 0 spiro atoms. The van der Waals surface area contributed by atoms with Crippen molar-refractivity contribution in [3.8, 4) is 0 Å². The third-order valence-electron chi connectivity index (χ3n) is 1.45. The van der Waals surface area contributed by atoms with Gasteiger partial charge in [-0.05, 0) is 6.07 Å². The van der Waals surface area contributed by atoms with E-state index in [1.165, 1.54) is 0 Å². The monoisotopic (exact) mass is 225 g/mol. The zero-order valence-electron chi connectivity index (χ0n) is 6.59. The molecule has 14 heavy (non-hydrogen) atoms. The molecule has 8 heteroatoms. The standard InChI is InChI=1S/C6H4BClF3NO2/c8-4-2-12-5(6(9,10)11)1-3(4)7(13)14/h1-2,13-14H. The summed E-state index contributed by atoms with van der Waals surface area (Å²) < 4.78 is 36.3. The molecule has 0 amide bonds. The van der Waals surface area contributed by atoms with Gasteiger partial charge in [0.25, 0.3) is 0 Å². The average Bonchev–Trinajstić information content (AvgIpc) is 2.02. The third-order valence-corrected chi connectivity index (χ3v) is 1.77. The molecule has 76 valence electrons. The summed E-state index contributed by atoms with van der Waals surface area (Å²) in [6, 6.07) is 0.493.